The third-order valence-electron chi connectivity index (χ3n) is 4.61. The van der Waals surface area contributed by atoms with Crippen LogP contribution in [0.25, 0.3) is 0 Å². The topological polar surface area (TPSA) is 49.3 Å². The van der Waals surface area contributed by atoms with E-state index in [2.05, 4.69) is 19.8 Å². The minimum atomic E-state index is 0.308. The van der Waals surface area contributed by atoms with Crippen molar-refractivity contribution in [1.29, 1.82) is 0 Å². The fourth-order valence-corrected chi connectivity index (χ4v) is 3.47. The van der Waals surface area contributed by atoms with Gasteiger partial charge in [0.05, 0.1) is 18.3 Å². The summed E-state index contributed by atoms with van der Waals surface area (Å²) in [5.74, 6) is 2.01. The highest BCUT2D eigenvalue weighted by molar-refractivity contribution is 5.81. The normalized spacial score (nSPS) is 30.0. The summed E-state index contributed by atoms with van der Waals surface area (Å²) in [5.41, 5.74) is 0. The minimum absolute atomic E-state index is 0.308. The third-order valence-corrected chi connectivity index (χ3v) is 4.61. The summed E-state index contributed by atoms with van der Waals surface area (Å²) < 4.78 is 0. The van der Waals surface area contributed by atoms with Gasteiger partial charge in [-0.25, -0.2) is 4.98 Å². The zero-order chi connectivity index (χ0) is 12.8. The van der Waals surface area contributed by atoms with Crippen LogP contribution in [-0.2, 0) is 4.79 Å². The van der Waals surface area contributed by atoms with Crippen molar-refractivity contribution in [3.05, 3.63) is 18.6 Å². The number of likely N-dealkylation sites (tertiary alicyclic amines) is 1. The van der Waals surface area contributed by atoms with Gasteiger partial charge in [-0.1, -0.05) is 0 Å². The van der Waals surface area contributed by atoms with Gasteiger partial charge in [-0.05, 0) is 25.2 Å². The lowest BCUT2D eigenvalue weighted by molar-refractivity contribution is -0.129. The van der Waals surface area contributed by atoms with Crippen molar-refractivity contribution in [3.8, 4) is 0 Å². The third kappa shape index (κ3) is 1.88. The first-order valence-corrected chi connectivity index (χ1v) is 7.15. The Kier molecular flexibility index (Phi) is 2.47. The zero-order valence-corrected chi connectivity index (χ0v) is 10.9. The molecule has 1 saturated carbocycles. The number of carbonyl (C=O) groups excluding carboxylic acids is 1. The lowest BCUT2D eigenvalue weighted by atomic mass is 10.1. The van der Waals surface area contributed by atoms with Crippen molar-refractivity contribution >= 4 is 11.7 Å². The molecule has 0 spiro atoms. The smallest absolute Gasteiger partial charge is 0.225 e. The highest BCUT2D eigenvalue weighted by Gasteiger charge is 2.48. The molecule has 1 aromatic heterocycles. The Morgan fingerprint density at radius 3 is 2.84 bits per heavy atom. The van der Waals surface area contributed by atoms with Gasteiger partial charge in [-0.15, -0.1) is 0 Å². The van der Waals surface area contributed by atoms with Gasteiger partial charge in [0.25, 0.3) is 0 Å². The lowest BCUT2D eigenvalue weighted by Crippen LogP contribution is -2.38. The van der Waals surface area contributed by atoms with Gasteiger partial charge in [-0.3, -0.25) is 9.78 Å². The number of carbonyl (C=O) groups is 1. The summed E-state index contributed by atoms with van der Waals surface area (Å²) >= 11 is 0. The number of nitrogens with zero attached hydrogens (tertiary/aromatic N) is 4. The number of aromatic nitrogens is 2. The van der Waals surface area contributed by atoms with Crippen LogP contribution in [0.4, 0.5) is 5.82 Å². The van der Waals surface area contributed by atoms with E-state index < -0.39 is 0 Å². The van der Waals surface area contributed by atoms with E-state index in [1.807, 2.05) is 0 Å². The molecular formula is C14H18N4O. The number of rotatable bonds is 3. The van der Waals surface area contributed by atoms with E-state index in [4.69, 9.17) is 0 Å². The van der Waals surface area contributed by atoms with Crippen LogP contribution in [-0.4, -0.2) is 45.9 Å². The molecule has 5 nitrogen and oxygen atoms in total. The molecule has 2 aliphatic heterocycles. The Morgan fingerprint density at radius 1 is 1.21 bits per heavy atom. The van der Waals surface area contributed by atoms with Crippen LogP contribution in [0, 0.1) is 5.92 Å². The van der Waals surface area contributed by atoms with Gasteiger partial charge in [0.1, 0.15) is 5.82 Å². The van der Waals surface area contributed by atoms with Crippen molar-refractivity contribution < 1.29 is 4.79 Å². The molecule has 19 heavy (non-hydrogen) atoms. The van der Waals surface area contributed by atoms with Crippen LogP contribution in [0.1, 0.15) is 25.7 Å². The Hall–Kier alpha value is -1.65. The molecule has 1 aromatic rings. The second-order valence-corrected chi connectivity index (χ2v) is 5.87. The first kappa shape index (κ1) is 11.2. The van der Waals surface area contributed by atoms with E-state index in [0.29, 0.717) is 24.4 Å². The van der Waals surface area contributed by atoms with Crippen LogP contribution in [0.15, 0.2) is 18.6 Å². The van der Waals surface area contributed by atoms with Crippen LogP contribution in [0.5, 0.6) is 0 Å². The lowest BCUT2D eigenvalue weighted by Gasteiger charge is -2.25. The molecule has 3 fully saturated rings. The maximum absolute atomic E-state index is 12.2. The van der Waals surface area contributed by atoms with E-state index in [1.54, 1.807) is 18.6 Å². The summed E-state index contributed by atoms with van der Waals surface area (Å²) in [6.45, 7) is 1.97. The largest absolute Gasteiger partial charge is 0.350 e. The number of hydrogen-bond donors (Lipinski definition) is 0. The predicted molar refractivity (Wildman–Crippen MR) is 70.6 cm³/mol. The van der Waals surface area contributed by atoms with Crippen LogP contribution < -0.4 is 4.90 Å². The van der Waals surface area contributed by atoms with Gasteiger partial charge in [0.2, 0.25) is 5.91 Å². The number of amides is 1. The molecule has 2 atom stereocenters. The quantitative estimate of drug-likeness (QED) is 0.813. The first-order valence-electron chi connectivity index (χ1n) is 7.15. The Labute approximate surface area is 112 Å². The second-order valence-electron chi connectivity index (χ2n) is 5.87. The fourth-order valence-electron chi connectivity index (χ4n) is 3.47. The van der Waals surface area contributed by atoms with Crippen molar-refractivity contribution in [1.82, 2.24) is 14.9 Å². The van der Waals surface area contributed by atoms with Gasteiger partial charge in [0.15, 0.2) is 0 Å². The predicted octanol–water partition coefficient (Wildman–Crippen LogP) is 1.07. The van der Waals surface area contributed by atoms with E-state index in [0.717, 1.165) is 31.2 Å². The van der Waals surface area contributed by atoms with Crippen molar-refractivity contribution in [2.75, 3.05) is 18.0 Å². The molecule has 0 N–H and O–H groups in total. The van der Waals surface area contributed by atoms with Gasteiger partial charge in [-0.2, -0.15) is 0 Å². The van der Waals surface area contributed by atoms with E-state index in [-0.39, 0.29) is 0 Å². The molecule has 3 heterocycles. The van der Waals surface area contributed by atoms with Crippen LogP contribution in [0.2, 0.25) is 0 Å². The maximum atomic E-state index is 12.2. The Morgan fingerprint density at radius 2 is 2.11 bits per heavy atom. The van der Waals surface area contributed by atoms with Crippen molar-refractivity contribution in [2.24, 2.45) is 5.92 Å². The molecule has 1 aliphatic carbocycles. The highest BCUT2D eigenvalue weighted by Crippen LogP contribution is 2.38. The second kappa shape index (κ2) is 4.18. The number of fused-ring (bicyclic) bond motifs is 1. The standard InChI is InChI=1S/C14H18N4O/c19-14-7-12-11(18(14)9-10-1-2-10)3-6-17(12)13-8-15-4-5-16-13/h4-5,8,10-12H,1-3,6-7,9H2. The van der Waals surface area contributed by atoms with Crippen LogP contribution in [0.3, 0.4) is 0 Å². The summed E-state index contributed by atoms with van der Waals surface area (Å²) in [7, 11) is 0. The van der Waals surface area contributed by atoms with Gasteiger partial charge >= 0.3 is 0 Å². The van der Waals surface area contributed by atoms with Crippen molar-refractivity contribution in [3.63, 3.8) is 0 Å². The molecule has 2 unspecified atom stereocenters. The maximum Gasteiger partial charge on any atom is 0.225 e. The molecular weight excluding hydrogens is 240 g/mol. The molecule has 3 aliphatic rings. The van der Waals surface area contributed by atoms with Gasteiger partial charge < -0.3 is 9.80 Å². The average molecular weight is 258 g/mol. The monoisotopic (exact) mass is 258 g/mol. The molecule has 5 heteroatoms. The molecule has 0 bridgehead atoms. The summed E-state index contributed by atoms with van der Waals surface area (Å²) in [6, 6.07) is 0.707. The van der Waals surface area contributed by atoms with Crippen LogP contribution >= 0.6 is 0 Å². The van der Waals surface area contributed by atoms with E-state index in [1.165, 1.54) is 12.8 Å². The highest BCUT2D eigenvalue weighted by atomic mass is 16.2. The summed E-state index contributed by atoms with van der Waals surface area (Å²) in [4.78, 5) is 25.1. The summed E-state index contributed by atoms with van der Waals surface area (Å²) in [5, 5.41) is 0. The van der Waals surface area contributed by atoms with E-state index in [9.17, 15) is 4.79 Å². The molecule has 100 valence electrons. The molecule has 1 amide bonds. The fraction of sp³-hybridized carbons (Fsp3) is 0.643. The molecule has 0 radical (unpaired) electrons. The molecule has 0 aromatic carbocycles. The van der Waals surface area contributed by atoms with Gasteiger partial charge in [0, 0.05) is 31.9 Å². The average Bonchev–Trinajstić information content (AvgIpc) is 3.09. The Bertz CT molecular complexity index is 487. The van der Waals surface area contributed by atoms with E-state index >= 15 is 0 Å². The minimum Gasteiger partial charge on any atom is -0.350 e. The molecule has 2 saturated heterocycles. The zero-order valence-electron chi connectivity index (χ0n) is 10.9. The van der Waals surface area contributed by atoms with Crippen molar-refractivity contribution in [2.45, 2.75) is 37.8 Å². The Balaban J connectivity index is 1.55. The summed E-state index contributed by atoms with van der Waals surface area (Å²) in [6.07, 6.45) is 9.53. The number of hydrogen-bond acceptors (Lipinski definition) is 4. The number of anilines is 1. The first-order chi connectivity index (χ1) is 9.33. The molecule has 4 rings (SSSR count). The SMILES string of the molecule is O=C1CC2C(CCN2c2cnccn2)N1CC1CC1.